The lowest BCUT2D eigenvalue weighted by atomic mass is 9.90. The predicted molar refractivity (Wildman–Crippen MR) is 116 cm³/mol. The van der Waals surface area contributed by atoms with Crippen molar-refractivity contribution in [2.24, 2.45) is 5.92 Å². The van der Waals surface area contributed by atoms with Gasteiger partial charge < -0.3 is 9.80 Å². The molecule has 0 bridgehead atoms. The summed E-state index contributed by atoms with van der Waals surface area (Å²) in [5.74, 6) is 0.845. The molecule has 2 heterocycles. The van der Waals surface area contributed by atoms with Crippen molar-refractivity contribution in [1.29, 1.82) is 0 Å². The highest BCUT2D eigenvalue weighted by Gasteiger charge is 2.21. The molecule has 1 aliphatic rings. The molecule has 0 N–H and O–H groups in total. The number of hydrogen-bond donors (Lipinski definition) is 0. The minimum Gasteiger partial charge on any atom is -0.370 e. The monoisotopic (exact) mass is 379 g/mol. The maximum atomic E-state index is 12.9. The van der Waals surface area contributed by atoms with Crippen LogP contribution in [0, 0.1) is 5.92 Å². The first-order valence-corrected chi connectivity index (χ1v) is 10.7. The molecule has 0 aliphatic carbocycles. The van der Waals surface area contributed by atoms with Gasteiger partial charge in [0.15, 0.2) is 0 Å². The fourth-order valence-electron chi connectivity index (χ4n) is 4.10. The molecule has 3 rings (SSSR count). The number of piperidine rings is 1. The van der Waals surface area contributed by atoms with Crippen LogP contribution in [0.4, 0.5) is 5.69 Å². The second kappa shape index (κ2) is 10.3. The normalized spacial score (nSPS) is 14.9. The SMILES string of the molecule is CCCN(CCC)C(=O)c1cncc(N2CCC(Cc3ccccc3)CC2)c1. The quantitative estimate of drug-likeness (QED) is 0.661. The third-order valence-corrected chi connectivity index (χ3v) is 5.59. The van der Waals surface area contributed by atoms with E-state index in [0.29, 0.717) is 5.56 Å². The number of nitrogens with zero attached hydrogens (tertiary/aromatic N) is 3. The van der Waals surface area contributed by atoms with E-state index in [1.54, 1.807) is 6.20 Å². The van der Waals surface area contributed by atoms with Crippen molar-refractivity contribution >= 4 is 11.6 Å². The van der Waals surface area contributed by atoms with E-state index in [9.17, 15) is 4.79 Å². The first-order chi connectivity index (χ1) is 13.7. The van der Waals surface area contributed by atoms with E-state index in [1.807, 2.05) is 17.2 Å². The number of carbonyl (C=O) groups excluding carboxylic acids is 1. The van der Waals surface area contributed by atoms with Crippen LogP contribution in [0.3, 0.4) is 0 Å². The van der Waals surface area contributed by atoms with Gasteiger partial charge in [-0.15, -0.1) is 0 Å². The Morgan fingerprint density at radius 3 is 2.39 bits per heavy atom. The van der Waals surface area contributed by atoms with Crippen molar-refractivity contribution < 1.29 is 4.79 Å². The molecule has 1 aromatic carbocycles. The second-order valence-electron chi connectivity index (χ2n) is 7.84. The number of carbonyl (C=O) groups is 1. The number of anilines is 1. The zero-order chi connectivity index (χ0) is 19.8. The Labute approximate surface area is 169 Å². The third-order valence-electron chi connectivity index (χ3n) is 5.59. The van der Waals surface area contributed by atoms with Crippen LogP contribution in [0.15, 0.2) is 48.8 Å². The van der Waals surface area contributed by atoms with E-state index in [1.165, 1.54) is 18.4 Å². The predicted octanol–water partition coefficient (Wildman–Crippen LogP) is 4.80. The van der Waals surface area contributed by atoms with Gasteiger partial charge >= 0.3 is 0 Å². The van der Waals surface area contributed by atoms with Gasteiger partial charge in [-0.3, -0.25) is 9.78 Å². The first-order valence-electron chi connectivity index (χ1n) is 10.7. The summed E-state index contributed by atoms with van der Waals surface area (Å²) >= 11 is 0. The number of amides is 1. The van der Waals surface area contributed by atoms with Crippen LogP contribution < -0.4 is 4.90 Å². The Hall–Kier alpha value is -2.36. The minimum atomic E-state index is 0.108. The van der Waals surface area contributed by atoms with Crippen molar-refractivity contribution in [1.82, 2.24) is 9.88 Å². The smallest absolute Gasteiger partial charge is 0.255 e. The van der Waals surface area contributed by atoms with Gasteiger partial charge in [-0.2, -0.15) is 0 Å². The van der Waals surface area contributed by atoms with Crippen molar-refractivity contribution in [3.63, 3.8) is 0 Å². The summed E-state index contributed by atoms with van der Waals surface area (Å²) in [6.45, 7) is 7.91. The minimum absolute atomic E-state index is 0.108. The van der Waals surface area contributed by atoms with Crippen molar-refractivity contribution in [3.05, 3.63) is 59.9 Å². The Morgan fingerprint density at radius 2 is 1.75 bits per heavy atom. The molecule has 2 aromatic rings. The van der Waals surface area contributed by atoms with Crippen LogP contribution in [0.1, 0.15) is 55.5 Å². The van der Waals surface area contributed by atoms with Crippen LogP contribution >= 0.6 is 0 Å². The Morgan fingerprint density at radius 1 is 1.07 bits per heavy atom. The lowest BCUT2D eigenvalue weighted by Crippen LogP contribution is -2.35. The molecule has 0 atom stereocenters. The fourth-order valence-corrected chi connectivity index (χ4v) is 4.10. The summed E-state index contributed by atoms with van der Waals surface area (Å²) in [6, 6.07) is 12.8. The highest BCUT2D eigenvalue weighted by Crippen LogP contribution is 2.26. The van der Waals surface area contributed by atoms with Crippen LogP contribution in [-0.4, -0.2) is 42.0 Å². The van der Waals surface area contributed by atoms with Gasteiger partial charge in [0.1, 0.15) is 0 Å². The summed E-state index contributed by atoms with van der Waals surface area (Å²) in [5, 5.41) is 0. The molecule has 0 spiro atoms. The zero-order valence-electron chi connectivity index (χ0n) is 17.3. The van der Waals surface area contributed by atoms with Gasteiger partial charge in [0, 0.05) is 32.4 Å². The molecule has 4 nitrogen and oxygen atoms in total. The van der Waals surface area contributed by atoms with Crippen LogP contribution in [0.2, 0.25) is 0 Å². The number of pyridine rings is 1. The molecule has 1 saturated heterocycles. The number of aromatic nitrogens is 1. The Balaban J connectivity index is 1.60. The standard InChI is InChI=1S/C24H33N3O/c1-3-12-27(13-4-2)24(28)22-17-23(19-25-18-22)26-14-10-21(11-15-26)16-20-8-6-5-7-9-20/h5-9,17-19,21H,3-4,10-16H2,1-2H3. The maximum absolute atomic E-state index is 12.9. The van der Waals surface area contributed by atoms with E-state index in [0.717, 1.165) is 57.0 Å². The summed E-state index contributed by atoms with van der Waals surface area (Å²) in [7, 11) is 0. The van der Waals surface area contributed by atoms with Crippen LogP contribution in [0.5, 0.6) is 0 Å². The molecule has 1 aromatic heterocycles. The molecule has 28 heavy (non-hydrogen) atoms. The van der Waals surface area contributed by atoms with Gasteiger partial charge in [-0.25, -0.2) is 0 Å². The molecule has 0 unspecified atom stereocenters. The van der Waals surface area contributed by atoms with Crippen LogP contribution in [0.25, 0.3) is 0 Å². The Bertz CT molecular complexity index is 733. The largest absolute Gasteiger partial charge is 0.370 e. The molecule has 0 radical (unpaired) electrons. The lowest BCUT2D eigenvalue weighted by molar-refractivity contribution is 0.0755. The first kappa shape index (κ1) is 20.4. The molecular weight excluding hydrogens is 346 g/mol. The molecule has 4 heteroatoms. The highest BCUT2D eigenvalue weighted by molar-refractivity contribution is 5.94. The van der Waals surface area contributed by atoms with Crippen molar-refractivity contribution in [2.45, 2.75) is 46.0 Å². The average molecular weight is 380 g/mol. The molecular formula is C24H33N3O. The van der Waals surface area contributed by atoms with Gasteiger partial charge in [0.2, 0.25) is 0 Å². The van der Waals surface area contributed by atoms with E-state index < -0.39 is 0 Å². The lowest BCUT2D eigenvalue weighted by Gasteiger charge is -2.33. The second-order valence-corrected chi connectivity index (χ2v) is 7.84. The fraction of sp³-hybridized carbons (Fsp3) is 0.500. The molecule has 0 saturated carbocycles. The number of benzene rings is 1. The summed E-state index contributed by atoms with van der Waals surface area (Å²) in [6.07, 6.45) is 9.11. The third kappa shape index (κ3) is 5.34. The summed E-state index contributed by atoms with van der Waals surface area (Å²) in [4.78, 5) is 21.6. The highest BCUT2D eigenvalue weighted by atomic mass is 16.2. The van der Waals surface area contributed by atoms with Crippen molar-refractivity contribution in [3.8, 4) is 0 Å². The molecule has 1 aliphatic heterocycles. The molecule has 1 fully saturated rings. The summed E-state index contributed by atoms with van der Waals surface area (Å²) in [5.41, 5.74) is 3.23. The van der Waals surface area contributed by atoms with E-state index >= 15 is 0 Å². The van der Waals surface area contributed by atoms with Gasteiger partial charge in [-0.1, -0.05) is 44.2 Å². The Kier molecular flexibility index (Phi) is 7.46. The zero-order valence-corrected chi connectivity index (χ0v) is 17.3. The maximum Gasteiger partial charge on any atom is 0.255 e. The number of hydrogen-bond acceptors (Lipinski definition) is 3. The van der Waals surface area contributed by atoms with E-state index in [2.05, 4.69) is 54.1 Å². The van der Waals surface area contributed by atoms with Crippen LogP contribution in [-0.2, 0) is 6.42 Å². The van der Waals surface area contributed by atoms with E-state index in [4.69, 9.17) is 0 Å². The average Bonchev–Trinajstić information content (AvgIpc) is 2.74. The molecule has 1 amide bonds. The van der Waals surface area contributed by atoms with Gasteiger partial charge in [0.05, 0.1) is 17.4 Å². The number of rotatable bonds is 8. The molecule has 150 valence electrons. The van der Waals surface area contributed by atoms with Crippen molar-refractivity contribution in [2.75, 3.05) is 31.1 Å². The van der Waals surface area contributed by atoms with E-state index in [-0.39, 0.29) is 5.91 Å². The van der Waals surface area contributed by atoms with Gasteiger partial charge in [-0.05, 0) is 49.7 Å². The topological polar surface area (TPSA) is 36.4 Å². The summed E-state index contributed by atoms with van der Waals surface area (Å²) < 4.78 is 0. The van der Waals surface area contributed by atoms with Gasteiger partial charge in [0.25, 0.3) is 5.91 Å².